The van der Waals surface area contributed by atoms with Crippen molar-refractivity contribution < 1.29 is 15.0 Å². The minimum absolute atomic E-state index is 0.0334. The first-order chi connectivity index (χ1) is 13.6. The van der Waals surface area contributed by atoms with Crippen LogP contribution in [0.2, 0.25) is 0 Å². The number of anilines is 1. The lowest BCUT2D eigenvalue weighted by molar-refractivity contribution is 0.0903. The third-order valence-electron chi connectivity index (χ3n) is 4.95. The maximum absolute atomic E-state index is 11.5. The number of aliphatic hydroxyl groups is 2. The predicted octanol–water partition coefficient (Wildman–Crippen LogP) is 1.16. The van der Waals surface area contributed by atoms with Crippen molar-refractivity contribution >= 4 is 17.8 Å². The summed E-state index contributed by atoms with van der Waals surface area (Å²) in [5.41, 5.74) is 2.66. The zero-order valence-corrected chi connectivity index (χ0v) is 16.0. The summed E-state index contributed by atoms with van der Waals surface area (Å²) in [5.74, 6) is 0.187. The van der Waals surface area contributed by atoms with E-state index in [4.69, 9.17) is 5.11 Å². The van der Waals surface area contributed by atoms with Crippen LogP contribution in [0.15, 0.2) is 42.7 Å². The summed E-state index contributed by atoms with van der Waals surface area (Å²) in [6, 6.07) is 8.26. The number of carbonyl (C=O) groups is 1. The number of piperazine rings is 1. The standard InChI is InChI=1S/C21H26N4O3/c1-16-2-4-17(5-3-16)6-7-19(14-26)24-8-10-25(11-9-24)21-22-12-18(13-23-21)20(28)15-27/h2-7,12-13,19,26-27H,8-11,14-15H2,1H3/b7-6+/t19-/m1/s1. The number of carbonyl (C=O) groups excluding carboxylic acids is 1. The molecule has 0 unspecified atom stereocenters. The molecule has 1 aliphatic rings. The highest BCUT2D eigenvalue weighted by atomic mass is 16.3. The summed E-state index contributed by atoms with van der Waals surface area (Å²) in [5, 5.41) is 18.7. The summed E-state index contributed by atoms with van der Waals surface area (Å²) < 4.78 is 0. The molecule has 1 saturated heterocycles. The van der Waals surface area contributed by atoms with E-state index in [9.17, 15) is 9.90 Å². The number of aromatic nitrogens is 2. The highest BCUT2D eigenvalue weighted by molar-refractivity contribution is 5.96. The van der Waals surface area contributed by atoms with Gasteiger partial charge in [-0.1, -0.05) is 42.0 Å². The number of rotatable bonds is 7. The molecule has 1 atom stereocenters. The molecular weight excluding hydrogens is 356 g/mol. The Morgan fingerprint density at radius 2 is 1.75 bits per heavy atom. The van der Waals surface area contributed by atoms with Crippen LogP contribution in [-0.2, 0) is 0 Å². The summed E-state index contributed by atoms with van der Waals surface area (Å²) in [4.78, 5) is 24.2. The molecule has 148 valence electrons. The van der Waals surface area contributed by atoms with E-state index in [2.05, 4.69) is 51.0 Å². The molecule has 0 radical (unpaired) electrons. The van der Waals surface area contributed by atoms with Crippen LogP contribution in [0.3, 0.4) is 0 Å². The number of benzene rings is 1. The Morgan fingerprint density at radius 1 is 1.11 bits per heavy atom. The molecule has 3 rings (SSSR count). The molecule has 2 N–H and O–H groups in total. The van der Waals surface area contributed by atoms with Crippen molar-refractivity contribution in [3.8, 4) is 0 Å². The maximum Gasteiger partial charge on any atom is 0.225 e. The van der Waals surface area contributed by atoms with Crippen molar-refractivity contribution in [1.29, 1.82) is 0 Å². The number of Topliss-reactive ketones (excluding diaryl/α,β-unsaturated/α-hetero) is 1. The van der Waals surface area contributed by atoms with Crippen molar-refractivity contribution in [1.82, 2.24) is 14.9 Å². The van der Waals surface area contributed by atoms with E-state index in [1.807, 2.05) is 12.2 Å². The lowest BCUT2D eigenvalue weighted by atomic mass is 10.1. The highest BCUT2D eigenvalue weighted by Crippen LogP contribution is 2.14. The second-order valence-corrected chi connectivity index (χ2v) is 6.90. The van der Waals surface area contributed by atoms with Crippen LogP contribution in [0.5, 0.6) is 0 Å². The number of aryl methyl sites for hydroxylation is 1. The van der Waals surface area contributed by atoms with Gasteiger partial charge in [-0.05, 0) is 12.5 Å². The molecule has 7 nitrogen and oxygen atoms in total. The van der Waals surface area contributed by atoms with Gasteiger partial charge in [0.25, 0.3) is 0 Å². The van der Waals surface area contributed by atoms with E-state index in [0.717, 1.165) is 31.7 Å². The van der Waals surface area contributed by atoms with Crippen molar-refractivity contribution in [3.63, 3.8) is 0 Å². The summed E-state index contributed by atoms with van der Waals surface area (Å²) in [6.45, 7) is 4.63. The molecule has 28 heavy (non-hydrogen) atoms. The molecule has 1 aromatic carbocycles. The average molecular weight is 382 g/mol. The number of hydrogen-bond acceptors (Lipinski definition) is 7. The minimum Gasteiger partial charge on any atom is -0.394 e. The van der Waals surface area contributed by atoms with E-state index in [0.29, 0.717) is 11.5 Å². The van der Waals surface area contributed by atoms with E-state index >= 15 is 0 Å². The van der Waals surface area contributed by atoms with Gasteiger partial charge < -0.3 is 15.1 Å². The van der Waals surface area contributed by atoms with Crippen molar-refractivity contribution in [2.75, 3.05) is 44.3 Å². The molecule has 0 saturated carbocycles. The molecule has 7 heteroatoms. The molecule has 0 aliphatic carbocycles. The second kappa shape index (κ2) is 9.54. The highest BCUT2D eigenvalue weighted by Gasteiger charge is 2.23. The van der Waals surface area contributed by atoms with Crippen LogP contribution in [0.1, 0.15) is 21.5 Å². The van der Waals surface area contributed by atoms with Crippen molar-refractivity contribution in [2.24, 2.45) is 0 Å². The Bertz CT molecular complexity index is 797. The number of nitrogens with zero attached hydrogens (tertiary/aromatic N) is 4. The second-order valence-electron chi connectivity index (χ2n) is 6.90. The fourth-order valence-electron chi connectivity index (χ4n) is 3.17. The van der Waals surface area contributed by atoms with Gasteiger partial charge in [0.2, 0.25) is 5.95 Å². The van der Waals surface area contributed by atoms with Crippen LogP contribution in [0, 0.1) is 6.92 Å². The fraction of sp³-hybridized carbons (Fsp3) is 0.381. The summed E-state index contributed by atoms with van der Waals surface area (Å²) in [6.07, 6.45) is 7.00. The Kier molecular flexibility index (Phi) is 6.86. The largest absolute Gasteiger partial charge is 0.394 e. The quantitative estimate of drug-likeness (QED) is 0.695. The lowest BCUT2D eigenvalue weighted by Crippen LogP contribution is -2.51. The monoisotopic (exact) mass is 382 g/mol. The van der Waals surface area contributed by atoms with Gasteiger partial charge in [0, 0.05) is 38.6 Å². The van der Waals surface area contributed by atoms with Crippen molar-refractivity contribution in [3.05, 3.63) is 59.4 Å². The van der Waals surface area contributed by atoms with Crippen molar-refractivity contribution in [2.45, 2.75) is 13.0 Å². The Hall–Kier alpha value is -2.61. The summed E-state index contributed by atoms with van der Waals surface area (Å²) in [7, 11) is 0. The van der Waals surface area contributed by atoms with Crippen LogP contribution < -0.4 is 4.90 Å². The molecule has 1 aromatic heterocycles. The molecule has 1 fully saturated rings. The smallest absolute Gasteiger partial charge is 0.225 e. The van der Waals surface area contributed by atoms with E-state index < -0.39 is 6.61 Å². The predicted molar refractivity (Wildman–Crippen MR) is 108 cm³/mol. The topological polar surface area (TPSA) is 89.8 Å². The van der Waals surface area contributed by atoms with Gasteiger partial charge >= 0.3 is 0 Å². The van der Waals surface area contributed by atoms with Gasteiger partial charge in [0.05, 0.1) is 18.2 Å². The first-order valence-corrected chi connectivity index (χ1v) is 9.41. The minimum atomic E-state index is -0.542. The molecule has 0 bridgehead atoms. The first-order valence-electron chi connectivity index (χ1n) is 9.41. The Balaban J connectivity index is 1.57. The lowest BCUT2D eigenvalue weighted by Gasteiger charge is -2.37. The normalized spacial score (nSPS) is 16.5. The number of aliphatic hydroxyl groups excluding tert-OH is 2. The fourth-order valence-corrected chi connectivity index (χ4v) is 3.17. The molecule has 0 spiro atoms. The van der Waals surface area contributed by atoms with Gasteiger partial charge in [-0.15, -0.1) is 0 Å². The zero-order valence-electron chi connectivity index (χ0n) is 16.0. The third kappa shape index (κ3) is 5.01. The number of ketones is 1. The van der Waals surface area contributed by atoms with Crippen LogP contribution in [-0.4, -0.2) is 76.3 Å². The van der Waals surface area contributed by atoms with E-state index in [1.165, 1.54) is 18.0 Å². The first kappa shape index (κ1) is 20.1. The Labute approximate surface area is 165 Å². The maximum atomic E-state index is 11.5. The van der Waals surface area contributed by atoms with Gasteiger partial charge in [-0.25, -0.2) is 9.97 Å². The third-order valence-corrected chi connectivity index (χ3v) is 4.95. The van der Waals surface area contributed by atoms with Crippen LogP contribution >= 0.6 is 0 Å². The molecular formula is C21H26N4O3. The summed E-state index contributed by atoms with van der Waals surface area (Å²) >= 11 is 0. The Morgan fingerprint density at radius 3 is 2.32 bits per heavy atom. The van der Waals surface area contributed by atoms with Gasteiger partial charge in [0.15, 0.2) is 5.78 Å². The number of hydrogen-bond donors (Lipinski definition) is 2. The van der Waals surface area contributed by atoms with E-state index in [1.54, 1.807) is 0 Å². The van der Waals surface area contributed by atoms with Gasteiger partial charge in [-0.2, -0.15) is 0 Å². The molecule has 2 aromatic rings. The van der Waals surface area contributed by atoms with Gasteiger partial charge in [-0.3, -0.25) is 9.69 Å². The molecule has 2 heterocycles. The van der Waals surface area contributed by atoms with E-state index in [-0.39, 0.29) is 18.4 Å². The zero-order chi connectivity index (χ0) is 19.9. The average Bonchev–Trinajstić information content (AvgIpc) is 2.75. The van der Waals surface area contributed by atoms with Crippen LogP contribution in [0.25, 0.3) is 6.08 Å². The van der Waals surface area contributed by atoms with Crippen LogP contribution in [0.4, 0.5) is 5.95 Å². The molecule has 1 aliphatic heterocycles. The molecule has 0 amide bonds. The van der Waals surface area contributed by atoms with Gasteiger partial charge in [0.1, 0.15) is 6.61 Å². The SMILES string of the molecule is Cc1ccc(/C=C/[C@H](CO)N2CCN(c3ncc(C(=O)CO)cn3)CC2)cc1.